The number of piperidine rings is 1. The smallest absolute Gasteiger partial charge is 0.281 e. The van der Waals surface area contributed by atoms with Gasteiger partial charge < -0.3 is 5.32 Å². The van der Waals surface area contributed by atoms with Gasteiger partial charge in [0.05, 0.1) is 5.92 Å². The third kappa shape index (κ3) is 5.49. The number of amides is 1. The standard InChI is InChI=1S/C17H26FN3O3S/c1-20(2)25(23,24)21-12-4-6-15(13-21)17(22)19-11-3-5-14-7-9-16(18)10-8-14/h7-10,15H,3-6,11-13H2,1-2H3,(H,19,22). The zero-order valence-electron chi connectivity index (χ0n) is 14.7. The fraction of sp³-hybridized carbons (Fsp3) is 0.588. The molecule has 1 N–H and O–H groups in total. The number of rotatable bonds is 7. The highest BCUT2D eigenvalue weighted by Crippen LogP contribution is 2.20. The molecular formula is C17H26FN3O3S. The van der Waals surface area contributed by atoms with E-state index in [1.54, 1.807) is 12.1 Å². The van der Waals surface area contributed by atoms with Gasteiger partial charge in [0.15, 0.2) is 0 Å². The molecule has 0 aliphatic carbocycles. The normalized spacial score (nSPS) is 19.1. The van der Waals surface area contributed by atoms with Crippen LogP contribution < -0.4 is 5.32 Å². The quantitative estimate of drug-likeness (QED) is 0.737. The first-order valence-corrected chi connectivity index (χ1v) is 9.90. The van der Waals surface area contributed by atoms with Crippen molar-refractivity contribution >= 4 is 16.1 Å². The predicted octanol–water partition coefficient (Wildman–Crippen LogP) is 1.39. The second-order valence-corrected chi connectivity index (χ2v) is 8.65. The second kappa shape index (κ2) is 8.73. The van der Waals surface area contributed by atoms with Gasteiger partial charge in [-0.2, -0.15) is 17.0 Å². The Balaban J connectivity index is 1.77. The molecule has 1 fully saturated rings. The van der Waals surface area contributed by atoms with Gasteiger partial charge in [-0.25, -0.2) is 4.39 Å². The van der Waals surface area contributed by atoms with Crippen LogP contribution in [0.25, 0.3) is 0 Å². The Morgan fingerprint density at radius 2 is 2.00 bits per heavy atom. The van der Waals surface area contributed by atoms with E-state index in [0.717, 1.165) is 18.4 Å². The van der Waals surface area contributed by atoms with E-state index in [-0.39, 0.29) is 24.2 Å². The van der Waals surface area contributed by atoms with Gasteiger partial charge in [-0.15, -0.1) is 0 Å². The molecule has 140 valence electrons. The number of carbonyl (C=O) groups excluding carboxylic acids is 1. The maximum atomic E-state index is 12.8. The number of nitrogens with one attached hydrogen (secondary N) is 1. The summed E-state index contributed by atoms with van der Waals surface area (Å²) in [7, 11) is -0.486. The van der Waals surface area contributed by atoms with E-state index >= 15 is 0 Å². The highest BCUT2D eigenvalue weighted by Gasteiger charge is 2.33. The van der Waals surface area contributed by atoms with Crippen LogP contribution in [-0.2, 0) is 21.4 Å². The maximum absolute atomic E-state index is 12.8. The van der Waals surface area contributed by atoms with Crippen molar-refractivity contribution in [2.45, 2.75) is 25.7 Å². The summed E-state index contributed by atoms with van der Waals surface area (Å²) in [4.78, 5) is 12.3. The molecule has 25 heavy (non-hydrogen) atoms. The molecule has 1 unspecified atom stereocenters. The minimum absolute atomic E-state index is 0.0993. The van der Waals surface area contributed by atoms with Gasteiger partial charge in [0.1, 0.15) is 5.82 Å². The van der Waals surface area contributed by atoms with Crippen LogP contribution in [0, 0.1) is 11.7 Å². The van der Waals surface area contributed by atoms with Crippen LogP contribution in [0.1, 0.15) is 24.8 Å². The topological polar surface area (TPSA) is 69.7 Å². The third-order valence-corrected chi connectivity index (χ3v) is 6.30. The summed E-state index contributed by atoms with van der Waals surface area (Å²) < 4.78 is 39.8. The molecule has 1 heterocycles. The highest BCUT2D eigenvalue weighted by molar-refractivity contribution is 7.86. The van der Waals surface area contributed by atoms with E-state index in [1.165, 1.54) is 34.8 Å². The van der Waals surface area contributed by atoms with Gasteiger partial charge in [0.2, 0.25) is 5.91 Å². The van der Waals surface area contributed by atoms with Crippen molar-refractivity contribution in [3.05, 3.63) is 35.6 Å². The molecule has 1 amide bonds. The van der Waals surface area contributed by atoms with Crippen molar-refractivity contribution in [1.29, 1.82) is 0 Å². The minimum Gasteiger partial charge on any atom is -0.356 e. The molecule has 0 saturated carbocycles. The molecular weight excluding hydrogens is 345 g/mol. The fourth-order valence-electron chi connectivity index (χ4n) is 2.90. The minimum atomic E-state index is -3.48. The lowest BCUT2D eigenvalue weighted by atomic mass is 9.99. The summed E-state index contributed by atoms with van der Waals surface area (Å²) in [5.41, 5.74) is 1.02. The molecule has 0 spiro atoms. The Morgan fingerprint density at radius 3 is 2.64 bits per heavy atom. The summed E-state index contributed by atoms with van der Waals surface area (Å²) in [5.74, 6) is -0.668. The first-order chi connectivity index (χ1) is 11.8. The van der Waals surface area contributed by atoms with Crippen LogP contribution in [0.15, 0.2) is 24.3 Å². The van der Waals surface area contributed by atoms with E-state index < -0.39 is 10.2 Å². The Morgan fingerprint density at radius 1 is 1.32 bits per heavy atom. The number of hydrogen-bond acceptors (Lipinski definition) is 3. The lowest BCUT2D eigenvalue weighted by Gasteiger charge is -2.32. The molecule has 1 aromatic carbocycles. The summed E-state index contributed by atoms with van der Waals surface area (Å²) in [6.45, 7) is 1.20. The van der Waals surface area contributed by atoms with Crippen molar-refractivity contribution in [2.75, 3.05) is 33.7 Å². The monoisotopic (exact) mass is 371 g/mol. The Labute approximate surface area is 149 Å². The van der Waals surface area contributed by atoms with Crippen LogP contribution in [0.2, 0.25) is 0 Å². The average Bonchev–Trinajstić information content (AvgIpc) is 2.60. The Bertz CT molecular complexity index is 677. The van der Waals surface area contributed by atoms with Gasteiger partial charge in [-0.3, -0.25) is 4.79 Å². The molecule has 0 bridgehead atoms. The van der Waals surface area contributed by atoms with Crippen molar-refractivity contribution < 1.29 is 17.6 Å². The van der Waals surface area contributed by atoms with Crippen molar-refractivity contribution in [1.82, 2.24) is 13.9 Å². The van der Waals surface area contributed by atoms with Gasteiger partial charge in [-0.1, -0.05) is 12.1 Å². The molecule has 1 aliphatic heterocycles. The molecule has 1 atom stereocenters. The van der Waals surface area contributed by atoms with Gasteiger partial charge in [-0.05, 0) is 43.4 Å². The first kappa shape index (κ1) is 19.8. The largest absolute Gasteiger partial charge is 0.356 e. The molecule has 1 aliphatic rings. The maximum Gasteiger partial charge on any atom is 0.281 e. The van der Waals surface area contributed by atoms with Gasteiger partial charge >= 0.3 is 0 Å². The SMILES string of the molecule is CN(C)S(=O)(=O)N1CCCC(C(=O)NCCCc2ccc(F)cc2)C1. The van der Waals surface area contributed by atoms with Crippen molar-refractivity contribution in [2.24, 2.45) is 5.92 Å². The number of nitrogens with zero attached hydrogens (tertiary/aromatic N) is 2. The zero-order chi connectivity index (χ0) is 18.4. The summed E-state index contributed by atoms with van der Waals surface area (Å²) >= 11 is 0. The van der Waals surface area contributed by atoms with Crippen LogP contribution in [0.5, 0.6) is 0 Å². The number of carbonyl (C=O) groups is 1. The van der Waals surface area contributed by atoms with Gasteiger partial charge in [0, 0.05) is 33.7 Å². The summed E-state index contributed by atoms with van der Waals surface area (Å²) in [6.07, 6.45) is 2.89. The number of aryl methyl sites for hydroxylation is 1. The number of benzene rings is 1. The van der Waals surface area contributed by atoms with E-state index in [9.17, 15) is 17.6 Å². The van der Waals surface area contributed by atoms with E-state index in [1.807, 2.05) is 0 Å². The van der Waals surface area contributed by atoms with Crippen LogP contribution >= 0.6 is 0 Å². The van der Waals surface area contributed by atoms with Crippen LogP contribution in [0.3, 0.4) is 0 Å². The first-order valence-electron chi connectivity index (χ1n) is 8.50. The number of halogens is 1. The fourth-order valence-corrected chi connectivity index (χ4v) is 4.09. The molecule has 2 rings (SSSR count). The lowest BCUT2D eigenvalue weighted by Crippen LogP contribution is -2.48. The predicted molar refractivity (Wildman–Crippen MR) is 94.6 cm³/mol. The molecule has 0 radical (unpaired) electrons. The zero-order valence-corrected chi connectivity index (χ0v) is 15.6. The molecule has 1 aromatic rings. The highest BCUT2D eigenvalue weighted by atomic mass is 32.2. The van der Waals surface area contributed by atoms with E-state index in [0.29, 0.717) is 25.9 Å². The molecule has 8 heteroatoms. The van der Waals surface area contributed by atoms with E-state index in [2.05, 4.69) is 5.32 Å². The number of hydrogen-bond donors (Lipinski definition) is 1. The third-order valence-electron chi connectivity index (χ3n) is 4.40. The second-order valence-electron chi connectivity index (χ2n) is 6.51. The Hall–Kier alpha value is -1.51. The lowest BCUT2D eigenvalue weighted by molar-refractivity contribution is -0.126. The average molecular weight is 371 g/mol. The van der Waals surface area contributed by atoms with Crippen molar-refractivity contribution in [3.63, 3.8) is 0 Å². The van der Waals surface area contributed by atoms with Crippen LogP contribution in [0.4, 0.5) is 4.39 Å². The molecule has 6 nitrogen and oxygen atoms in total. The Kier molecular flexibility index (Phi) is 6.92. The summed E-state index contributed by atoms with van der Waals surface area (Å²) in [5, 5.41) is 2.89. The van der Waals surface area contributed by atoms with E-state index in [4.69, 9.17) is 0 Å². The van der Waals surface area contributed by atoms with Crippen molar-refractivity contribution in [3.8, 4) is 0 Å². The molecule has 1 saturated heterocycles. The molecule has 0 aromatic heterocycles. The summed E-state index contributed by atoms with van der Waals surface area (Å²) in [6, 6.07) is 6.33. The van der Waals surface area contributed by atoms with Gasteiger partial charge in [0.25, 0.3) is 10.2 Å². The van der Waals surface area contributed by atoms with Crippen LogP contribution in [-0.4, -0.2) is 56.7 Å².